The summed E-state index contributed by atoms with van der Waals surface area (Å²) in [6, 6.07) is 6.81. The lowest BCUT2D eigenvalue weighted by atomic mass is 10.1. The third-order valence-electron chi connectivity index (χ3n) is 3.17. The molecule has 1 N–H and O–H groups in total. The zero-order chi connectivity index (χ0) is 13.4. The average molecular weight is 314 g/mol. The number of ether oxygens (including phenoxy) is 1. The van der Waals surface area contributed by atoms with Crippen LogP contribution in [0.1, 0.15) is 45.1 Å². The van der Waals surface area contributed by atoms with Crippen molar-refractivity contribution >= 4 is 21.6 Å². The molecule has 3 heteroatoms. The van der Waals surface area contributed by atoms with Crippen molar-refractivity contribution in [2.24, 2.45) is 0 Å². The number of benzene rings is 1. The van der Waals surface area contributed by atoms with E-state index in [-0.39, 0.29) is 0 Å². The Balaban J connectivity index is 2.78. The van der Waals surface area contributed by atoms with Gasteiger partial charge in [-0.25, -0.2) is 0 Å². The van der Waals surface area contributed by atoms with Crippen molar-refractivity contribution in [3.63, 3.8) is 0 Å². The second kappa shape index (κ2) is 8.54. The zero-order valence-electron chi connectivity index (χ0n) is 11.6. The van der Waals surface area contributed by atoms with E-state index in [9.17, 15) is 0 Å². The Labute approximate surface area is 119 Å². The normalized spacial score (nSPS) is 12.4. The number of hydrogen-bond acceptors (Lipinski definition) is 2. The highest BCUT2D eigenvalue weighted by atomic mass is 79.9. The molecule has 2 nitrogen and oxygen atoms in total. The van der Waals surface area contributed by atoms with Gasteiger partial charge in [0.15, 0.2) is 0 Å². The largest absolute Gasteiger partial charge is 0.382 e. The van der Waals surface area contributed by atoms with Gasteiger partial charge in [0, 0.05) is 28.9 Å². The van der Waals surface area contributed by atoms with Gasteiger partial charge >= 0.3 is 0 Å². The van der Waals surface area contributed by atoms with E-state index >= 15 is 0 Å². The topological polar surface area (TPSA) is 21.3 Å². The van der Waals surface area contributed by atoms with Gasteiger partial charge in [-0.1, -0.05) is 48.7 Å². The van der Waals surface area contributed by atoms with Crippen LogP contribution < -0.4 is 5.32 Å². The van der Waals surface area contributed by atoms with E-state index in [0.29, 0.717) is 12.6 Å². The molecule has 0 fully saturated rings. The number of unbranched alkanes of at least 4 members (excludes halogenated alkanes) is 1. The molecule has 0 aliphatic rings. The van der Waals surface area contributed by atoms with Gasteiger partial charge in [0.25, 0.3) is 0 Å². The molecule has 0 spiro atoms. The van der Waals surface area contributed by atoms with E-state index in [1.165, 1.54) is 30.5 Å². The third-order valence-corrected chi connectivity index (χ3v) is 3.91. The van der Waals surface area contributed by atoms with Crippen LogP contribution in [0.4, 0.5) is 5.69 Å². The van der Waals surface area contributed by atoms with Gasteiger partial charge in [-0.3, -0.25) is 0 Å². The molecule has 0 bridgehead atoms. The Morgan fingerprint density at radius 3 is 2.72 bits per heavy atom. The van der Waals surface area contributed by atoms with Gasteiger partial charge in [0.05, 0.1) is 6.61 Å². The fourth-order valence-electron chi connectivity index (χ4n) is 2.03. The summed E-state index contributed by atoms with van der Waals surface area (Å²) in [6.07, 6.45) is 4.91. The number of anilines is 1. The summed E-state index contributed by atoms with van der Waals surface area (Å²) in [5, 5.41) is 3.65. The van der Waals surface area contributed by atoms with Gasteiger partial charge in [-0.2, -0.15) is 0 Å². The molecular weight excluding hydrogens is 290 g/mol. The SMILES string of the molecule is CCCCC(CC)Nc1cccc(Br)c1COC. The van der Waals surface area contributed by atoms with Crippen molar-refractivity contribution in [1.82, 2.24) is 0 Å². The molecule has 1 unspecified atom stereocenters. The van der Waals surface area contributed by atoms with Crippen molar-refractivity contribution in [2.45, 2.75) is 52.2 Å². The minimum absolute atomic E-state index is 0.551. The first-order valence-corrected chi connectivity index (χ1v) is 7.55. The van der Waals surface area contributed by atoms with Crippen molar-refractivity contribution < 1.29 is 4.74 Å². The average Bonchev–Trinajstić information content (AvgIpc) is 2.38. The molecule has 0 amide bonds. The molecule has 1 aromatic carbocycles. The van der Waals surface area contributed by atoms with Crippen molar-refractivity contribution in [2.75, 3.05) is 12.4 Å². The van der Waals surface area contributed by atoms with E-state index in [1.54, 1.807) is 7.11 Å². The van der Waals surface area contributed by atoms with E-state index in [4.69, 9.17) is 4.74 Å². The second-order valence-electron chi connectivity index (χ2n) is 4.59. The summed E-state index contributed by atoms with van der Waals surface area (Å²) >= 11 is 3.59. The van der Waals surface area contributed by atoms with Crippen molar-refractivity contribution in [3.05, 3.63) is 28.2 Å². The molecule has 0 aliphatic heterocycles. The van der Waals surface area contributed by atoms with Crippen LogP contribution in [-0.2, 0) is 11.3 Å². The molecule has 1 rings (SSSR count). The lowest BCUT2D eigenvalue weighted by Gasteiger charge is -2.21. The van der Waals surface area contributed by atoms with E-state index in [1.807, 2.05) is 0 Å². The molecule has 0 radical (unpaired) electrons. The summed E-state index contributed by atoms with van der Waals surface area (Å²) < 4.78 is 6.39. The van der Waals surface area contributed by atoms with Crippen LogP contribution in [0.3, 0.4) is 0 Å². The highest BCUT2D eigenvalue weighted by Crippen LogP contribution is 2.27. The molecular formula is C15H24BrNO. The summed E-state index contributed by atoms with van der Waals surface area (Å²) in [5.74, 6) is 0. The Morgan fingerprint density at radius 2 is 2.11 bits per heavy atom. The van der Waals surface area contributed by atoms with Crippen LogP contribution in [0.15, 0.2) is 22.7 Å². The van der Waals surface area contributed by atoms with Crippen LogP contribution in [0, 0.1) is 0 Å². The first-order valence-electron chi connectivity index (χ1n) is 6.75. The van der Waals surface area contributed by atoms with Gasteiger partial charge in [0.1, 0.15) is 0 Å². The highest BCUT2D eigenvalue weighted by molar-refractivity contribution is 9.10. The summed E-state index contributed by atoms with van der Waals surface area (Å²) in [6.45, 7) is 5.11. The second-order valence-corrected chi connectivity index (χ2v) is 5.45. The summed E-state index contributed by atoms with van der Waals surface area (Å²) in [5.41, 5.74) is 2.39. The number of methoxy groups -OCH3 is 1. The molecule has 1 atom stereocenters. The molecule has 0 saturated heterocycles. The fraction of sp³-hybridized carbons (Fsp3) is 0.600. The zero-order valence-corrected chi connectivity index (χ0v) is 13.2. The number of nitrogens with one attached hydrogen (secondary N) is 1. The number of hydrogen-bond donors (Lipinski definition) is 1. The quantitative estimate of drug-likeness (QED) is 0.731. The summed E-state index contributed by atoms with van der Waals surface area (Å²) in [7, 11) is 1.73. The number of halogens is 1. The van der Waals surface area contributed by atoms with Crippen LogP contribution in [0.25, 0.3) is 0 Å². The molecule has 102 valence electrons. The highest BCUT2D eigenvalue weighted by Gasteiger charge is 2.10. The first kappa shape index (κ1) is 15.5. The van der Waals surface area contributed by atoms with E-state index in [2.05, 4.69) is 53.3 Å². The third kappa shape index (κ3) is 4.62. The standard InChI is InChI=1S/C15H24BrNO/c1-4-6-8-12(5-2)17-15-10-7-9-14(16)13(15)11-18-3/h7,9-10,12,17H,4-6,8,11H2,1-3H3. The lowest BCUT2D eigenvalue weighted by molar-refractivity contribution is 0.185. The molecule has 0 heterocycles. The van der Waals surface area contributed by atoms with Crippen LogP contribution in [0.5, 0.6) is 0 Å². The van der Waals surface area contributed by atoms with Gasteiger partial charge in [-0.15, -0.1) is 0 Å². The predicted octanol–water partition coefficient (Wildman–Crippen LogP) is 4.98. The maximum absolute atomic E-state index is 5.28. The van der Waals surface area contributed by atoms with Gasteiger partial charge in [-0.05, 0) is 25.0 Å². The Bertz CT molecular complexity index is 354. The lowest BCUT2D eigenvalue weighted by Crippen LogP contribution is -2.19. The van der Waals surface area contributed by atoms with Crippen LogP contribution in [-0.4, -0.2) is 13.2 Å². The molecule has 0 saturated carbocycles. The van der Waals surface area contributed by atoms with E-state index < -0.39 is 0 Å². The monoisotopic (exact) mass is 313 g/mol. The Hall–Kier alpha value is -0.540. The van der Waals surface area contributed by atoms with Crippen LogP contribution in [0.2, 0.25) is 0 Å². The fourth-order valence-corrected chi connectivity index (χ4v) is 2.51. The smallest absolute Gasteiger partial charge is 0.0744 e. The Kier molecular flexibility index (Phi) is 7.36. The summed E-state index contributed by atoms with van der Waals surface area (Å²) in [4.78, 5) is 0. The van der Waals surface area contributed by atoms with E-state index in [0.717, 1.165) is 10.9 Å². The first-order chi connectivity index (χ1) is 8.72. The van der Waals surface area contributed by atoms with Gasteiger partial charge in [0.2, 0.25) is 0 Å². The minimum Gasteiger partial charge on any atom is -0.382 e. The maximum Gasteiger partial charge on any atom is 0.0744 e. The van der Waals surface area contributed by atoms with Crippen molar-refractivity contribution in [1.29, 1.82) is 0 Å². The maximum atomic E-state index is 5.28. The van der Waals surface area contributed by atoms with Crippen molar-refractivity contribution in [3.8, 4) is 0 Å². The minimum atomic E-state index is 0.551. The van der Waals surface area contributed by atoms with Crippen LogP contribution >= 0.6 is 15.9 Å². The van der Waals surface area contributed by atoms with Gasteiger partial charge < -0.3 is 10.1 Å². The Morgan fingerprint density at radius 1 is 1.33 bits per heavy atom. The predicted molar refractivity (Wildman–Crippen MR) is 82.1 cm³/mol. The molecule has 1 aromatic rings. The molecule has 0 aromatic heterocycles. The molecule has 18 heavy (non-hydrogen) atoms. The molecule has 0 aliphatic carbocycles. The number of rotatable bonds is 8.